The van der Waals surface area contributed by atoms with Crippen LogP contribution in [-0.2, 0) is 26.0 Å². The van der Waals surface area contributed by atoms with E-state index in [1.54, 1.807) is 11.0 Å². The van der Waals surface area contributed by atoms with Gasteiger partial charge in [-0.25, -0.2) is 8.42 Å². The zero-order valence-electron chi connectivity index (χ0n) is 23.2. The number of carbonyl (C=O) groups is 2. The van der Waals surface area contributed by atoms with E-state index in [-0.39, 0.29) is 24.8 Å². The highest BCUT2D eigenvalue weighted by molar-refractivity contribution is 7.92. The maximum Gasteiger partial charge on any atom is 0.242 e. The summed E-state index contributed by atoms with van der Waals surface area (Å²) < 4.78 is 26.6. The molecule has 8 heteroatoms. The molecule has 2 aromatic rings. The van der Waals surface area contributed by atoms with Crippen molar-refractivity contribution < 1.29 is 18.0 Å². The molecule has 0 saturated heterocycles. The zero-order chi connectivity index (χ0) is 27.6. The third-order valence-electron chi connectivity index (χ3n) is 6.55. The normalized spacial score (nSPS) is 12.3. The van der Waals surface area contributed by atoms with Crippen molar-refractivity contribution in [3.05, 3.63) is 65.2 Å². The predicted molar refractivity (Wildman–Crippen MR) is 151 cm³/mol. The lowest BCUT2D eigenvalue weighted by atomic mass is 10.1. The molecule has 0 unspecified atom stereocenters. The van der Waals surface area contributed by atoms with Crippen molar-refractivity contribution in [1.29, 1.82) is 0 Å². The van der Waals surface area contributed by atoms with E-state index in [0.29, 0.717) is 44.0 Å². The lowest BCUT2D eigenvalue weighted by Crippen LogP contribution is -2.50. The number of sulfonamides is 1. The molecule has 2 rings (SSSR count). The molecular weight excluding hydrogens is 486 g/mol. The average molecular weight is 530 g/mol. The molecule has 0 spiro atoms. The quantitative estimate of drug-likeness (QED) is 0.391. The van der Waals surface area contributed by atoms with Gasteiger partial charge >= 0.3 is 0 Å². The lowest BCUT2D eigenvalue weighted by Gasteiger charge is -2.31. The van der Waals surface area contributed by atoms with E-state index in [9.17, 15) is 18.0 Å². The van der Waals surface area contributed by atoms with Crippen molar-refractivity contribution in [1.82, 2.24) is 10.2 Å². The van der Waals surface area contributed by atoms with E-state index in [4.69, 9.17) is 0 Å². The van der Waals surface area contributed by atoms with Crippen LogP contribution in [0.15, 0.2) is 48.5 Å². The number of aryl methyl sites for hydroxylation is 1. The Kier molecular flexibility index (Phi) is 11.6. The monoisotopic (exact) mass is 529 g/mol. The Morgan fingerprint density at radius 3 is 2.24 bits per heavy atom. The minimum Gasteiger partial charge on any atom is -0.354 e. The summed E-state index contributed by atoms with van der Waals surface area (Å²) in [6.07, 6.45) is 2.83. The second-order valence-electron chi connectivity index (χ2n) is 10.0. The lowest BCUT2D eigenvalue weighted by molar-refractivity contribution is -0.140. The highest BCUT2D eigenvalue weighted by atomic mass is 32.2. The van der Waals surface area contributed by atoms with Crippen LogP contribution in [0.5, 0.6) is 0 Å². The average Bonchev–Trinajstić information content (AvgIpc) is 2.84. The summed E-state index contributed by atoms with van der Waals surface area (Å²) in [6.45, 7) is 11.0. The molecular formula is C29H43N3O4S. The molecule has 0 aromatic heterocycles. The van der Waals surface area contributed by atoms with Crippen LogP contribution < -0.4 is 9.62 Å². The summed E-state index contributed by atoms with van der Waals surface area (Å²) in [4.78, 5) is 28.2. The second kappa shape index (κ2) is 14.2. The van der Waals surface area contributed by atoms with Crippen molar-refractivity contribution in [2.75, 3.05) is 30.2 Å². The topological polar surface area (TPSA) is 86.8 Å². The number of amides is 2. The fourth-order valence-corrected chi connectivity index (χ4v) is 5.32. The number of rotatable bonds is 14. The van der Waals surface area contributed by atoms with Crippen molar-refractivity contribution in [2.24, 2.45) is 5.92 Å². The van der Waals surface area contributed by atoms with Gasteiger partial charge in [0.1, 0.15) is 6.04 Å². The van der Waals surface area contributed by atoms with Crippen LogP contribution in [0, 0.1) is 19.8 Å². The minimum atomic E-state index is -3.53. The molecule has 2 amide bonds. The molecule has 1 atom stereocenters. The van der Waals surface area contributed by atoms with Crippen molar-refractivity contribution >= 4 is 27.5 Å². The maximum absolute atomic E-state index is 13.5. The number of hydrogen-bond acceptors (Lipinski definition) is 4. The standard InChI is InChI=1S/C29H43N3O4S/c1-7-26(29(34)30-21-22(2)3)31(20-18-25-14-9-8-10-15-25)28(33)17-12-19-32(37(6,35)36)27-16-11-13-23(4)24(27)5/h8-11,13-16,22,26H,7,12,17-21H2,1-6H3,(H,30,34)/t26-/m0/s1. The van der Waals surface area contributed by atoms with Gasteiger partial charge in [0.2, 0.25) is 21.8 Å². The fraction of sp³-hybridized carbons (Fsp3) is 0.517. The molecule has 0 radical (unpaired) electrons. The number of hydrogen-bond donors (Lipinski definition) is 1. The molecule has 1 N–H and O–H groups in total. The van der Waals surface area contributed by atoms with Crippen LogP contribution in [0.25, 0.3) is 0 Å². The molecule has 2 aromatic carbocycles. The van der Waals surface area contributed by atoms with E-state index in [2.05, 4.69) is 5.32 Å². The first kappa shape index (κ1) is 30.4. The molecule has 0 aliphatic rings. The predicted octanol–water partition coefficient (Wildman–Crippen LogP) is 4.47. The van der Waals surface area contributed by atoms with E-state index in [0.717, 1.165) is 16.7 Å². The summed E-state index contributed by atoms with van der Waals surface area (Å²) in [5, 5.41) is 2.97. The fourth-order valence-electron chi connectivity index (χ4n) is 4.31. The third-order valence-corrected chi connectivity index (χ3v) is 7.73. The molecule has 0 saturated carbocycles. The first-order valence-electron chi connectivity index (χ1n) is 13.1. The summed E-state index contributed by atoms with van der Waals surface area (Å²) in [5.74, 6) is 0.0182. The van der Waals surface area contributed by atoms with Crippen LogP contribution in [-0.4, -0.2) is 57.1 Å². The van der Waals surface area contributed by atoms with Gasteiger partial charge in [0.15, 0.2) is 0 Å². The van der Waals surface area contributed by atoms with Crippen molar-refractivity contribution in [2.45, 2.75) is 66.3 Å². The maximum atomic E-state index is 13.5. The van der Waals surface area contributed by atoms with Gasteiger partial charge in [-0.1, -0.05) is 63.2 Å². The van der Waals surface area contributed by atoms with Gasteiger partial charge in [-0.2, -0.15) is 0 Å². The Hall–Kier alpha value is -2.87. The molecule has 37 heavy (non-hydrogen) atoms. The molecule has 0 aliphatic heterocycles. The Balaban J connectivity index is 2.18. The second-order valence-corrected chi connectivity index (χ2v) is 12.0. The van der Waals surface area contributed by atoms with Crippen LogP contribution in [0.2, 0.25) is 0 Å². The molecule has 0 aliphatic carbocycles. The summed E-state index contributed by atoms with van der Waals surface area (Å²) in [5.41, 5.74) is 3.63. The van der Waals surface area contributed by atoms with Gasteiger partial charge in [0, 0.05) is 26.1 Å². The van der Waals surface area contributed by atoms with Gasteiger partial charge in [-0.05, 0) is 61.8 Å². The SMILES string of the molecule is CC[C@@H](C(=O)NCC(C)C)N(CCc1ccccc1)C(=O)CCCN(c1cccc(C)c1C)S(C)(=O)=O. The van der Waals surface area contributed by atoms with E-state index in [1.165, 1.54) is 10.6 Å². The van der Waals surface area contributed by atoms with Crippen LogP contribution in [0.1, 0.15) is 56.7 Å². The molecule has 0 heterocycles. The number of nitrogens with one attached hydrogen (secondary N) is 1. The first-order chi connectivity index (χ1) is 17.5. The highest BCUT2D eigenvalue weighted by Gasteiger charge is 2.28. The van der Waals surface area contributed by atoms with Gasteiger partial charge in [-0.15, -0.1) is 0 Å². The summed E-state index contributed by atoms with van der Waals surface area (Å²) >= 11 is 0. The van der Waals surface area contributed by atoms with Gasteiger partial charge in [-0.3, -0.25) is 13.9 Å². The van der Waals surface area contributed by atoms with Crippen molar-refractivity contribution in [3.8, 4) is 0 Å². The molecule has 0 fully saturated rings. The zero-order valence-corrected chi connectivity index (χ0v) is 24.0. The summed E-state index contributed by atoms with van der Waals surface area (Å²) in [6, 6.07) is 14.9. The van der Waals surface area contributed by atoms with Crippen molar-refractivity contribution in [3.63, 3.8) is 0 Å². The number of benzene rings is 2. The Bertz CT molecular complexity index is 1130. The Morgan fingerprint density at radius 2 is 1.65 bits per heavy atom. The van der Waals surface area contributed by atoms with E-state index < -0.39 is 16.1 Å². The van der Waals surface area contributed by atoms with Gasteiger partial charge in [0.05, 0.1) is 11.9 Å². The minimum absolute atomic E-state index is 0.142. The summed E-state index contributed by atoms with van der Waals surface area (Å²) in [7, 11) is -3.53. The van der Waals surface area contributed by atoms with Crippen LogP contribution >= 0.6 is 0 Å². The number of carbonyl (C=O) groups excluding carboxylic acids is 2. The number of nitrogens with zero attached hydrogens (tertiary/aromatic N) is 2. The van der Waals surface area contributed by atoms with Gasteiger partial charge in [0.25, 0.3) is 0 Å². The van der Waals surface area contributed by atoms with Crippen LogP contribution in [0.4, 0.5) is 5.69 Å². The Labute approximate surface area is 223 Å². The largest absolute Gasteiger partial charge is 0.354 e. The van der Waals surface area contributed by atoms with E-state index >= 15 is 0 Å². The Morgan fingerprint density at radius 1 is 0.973 bits per heavy atom. The molecule has 7 nitrogen and oxygen atoms in total. The third kappa shape index (κ3) is 9.18. The smallest absolute Gasteiger partial charge is 0.242 e. The number of anilines is 1. The highest BCUT2D eigenvalue weighted by Crippen LogP contribution is 2.25. The first-order valence-corrected chi connectivity index (χ1v) is 15.0. The molecule has 204 valence electrons. The van der Waals surface area contributed by atoms with Gasteiger partial charge < -0.3 is 10.2 Å². The molecule has 0 bridgehead atoms. The van der Waals surface area contributed by atoms with E-state index in [1.807, 2.05) is 77.1 Å². The van der Waals surface area contributed by atoms with Crippen LogP contribution in [0.3, 0.4) is 0 Å².